The highest BCUT2D eigenvalue weighted by Crippen LogP contribution is 2.70. The fourth-order valence-corrected chi connectivity index (χ4v) is 7.87. The average molecular weight is 543 g/mol. The van der Waals surface area contributed by atoms with Gasteiger partial charge in [0.1, 0.15) is 23.6 Å². The number of ether oxygens (including phenoxy) is 4. The van der Waals surface area contributed by atoms with Gasteiger partial charge in [0.15, 0.2) is 5.78 Å². The molecule has 2 aliphatic carbocycles. The largest absolute Gasteiger partial charge is 0.472 e. The Morgan fingerprint density at radius 2 is 1.85 bits per heavy atom. The molecule has 4 fully saturated rings. The number of methoxy groups -OCH3 is 1. The third-order valence-electron chi connectivity index (χ3n) is 10.1. The zero-order chi connectivity index (χ0) is 28.7. The van der Waals surface area contributed by atoms with E-state index in [2.05, 4.69) is 6.58 Å². The lowest BCUT2D eigenvalue weighted by Crippen LogP contribution is -2.67. The number of esters is 3. The van der Waals surface area contributed by atoms with Gasteiger partial charge in [0.05, 0.1) is 55.3 Å². The minimum Gasteiger partial charge on any atom is -0.472 e. The highest BCUT2D eigenvalue weighted by molar-refractivity contribution is 5.98. The molecule has 0 amide bonds. The number of hydrogen-bond acceptors (Lipinski definition) is 10. The monoisotopic (exact) mass is 542 g/mol. The summed E-state index contributed by atoms with van der Waals surface area (Å²) in [6.07, 6.45) is -0.814. The lowest BCUT2D eigenvalue weighted by atomic mass is 9.50. The second-order valence-corrected chi connectivity index (χ2v) is 12.2. The summed E-state index contributed by atoms with van der Waals surface area (Å²) in [5.74, 6) is -4.18. The molecule has 1 aromatic heterocycles. The van der Waals surface area contributed by atoms with Gasteiger partial charge < -0.3 is 23.4 Å². The molecular formula is C29H34O10. The van der Waals surface area contributed by atoms with E-state index in [-0.39, 0.29) is 30.8 Å². The first-order valence-electron chi connectivity index (χ1n) is 13.1. The lowest BCUT2D eigenvalue weighted by molar-refractivity contribution is -0.261. The summed E-state index contributed by atoms with van der Waals surface area (Å²) < 4.78 is 28.9. The van der Waals surface area contributed by atoms with E-state index < -0.39 is 69.9 Å². The van der Waals surface area contributed by atoms with Gasteiger partial charge in [0.2, 0.25) is 0 Å². The van der Waals surface area contributed by atoms with E-state index in [1.54, 1.807) is 33.8 Å². The van der Waals surface area contributed by atoms with Gasteiger partial charge in [-0.1, -0.05) is 20.4 Å². The third kappa shape index (κ3) is 3.39. The summed E-state index contributed by atoms with van der Waals surface area (Å²) in [5, 5.41) is 0. The van der Waals surface area contributed by atoms with Crippen LogP contribution in [0, 0.1) is 28.1 Å². The van der Waals surface area contributed by atoms with Gasteiger partial charge in [-0.3, -0.25) is 24.0 Å². The topological polar surface area (TPSA) is 135 Å². The molecule has 4 aliphatic rings. The Kier molecular flexibility index (Phi) is 6.03. The van der Waals surface area contributed by atoms with Crippen LogP contribution in [0.5, 0.6) is 0 Å². The lowest BCUT2D eigenvalue weighted by Gasteiger charge is -2.58. The highest BCUT2D eigenvalue weighted by Gasteiger charge is 2.79. The van der Waals surface area contributed by atoms with Gasteiger partial charge in [0.25, 0.3) is 0 Å². The van der Waals surface area contributed by atoms with Crippen molar-refractivity contribution in [3.63, 3.8) is 0 Å². The summed E-state index contributed by atoms with van der Waals surface area (Å²) in [6, 6.07) is 1.64. The third-order valence-corrected chi connectivity index (χ3v) is 10.1. The zero-order valence-corrected chi connectivity index (χ0v) is 23.0. The van der Waals surface area contributed by atoms with Crippen LogP contribution >= 0.6 is 0 Å². The van der Waals surface area contributed by atoms with Crippen LogP contribution in [0.4, 0.5) is 0 Å². The Hall–Kier alpha value is -3.27. The van der Waals surface area contributed by atoms with Crippen LogP contribution in [0.3, 0.4) is 0 Å². The number of rotatable bonds is 4. The molecule has 39 heavy (non-hydrogen) atoms. The molecular weight excluding hydrogens is 508 g/mol. The molecule has 2 saturated heterocycles. The van der Waals surface area contributed by atoms with Crippen LogP contribution in [0.2, 0.25) is 0 Å². The van der Waals surface area contributed by atoms with Crippen molar-refractivity contribution in [2.45, 2.75) is 77.8 Å². The quantitative estimate of drug-likeness (QED) is 0.317. The molecule has 10 nitrogen and oxygen atoms in total. The molecule has 8 unspecified atom stereocenters. The van der Waals surface area contributed by atoms with Crippen LogP contribution in [-0.2, 0) is 42.9 Å². The molecule has 0 radical (unpaired) electrons. The second-order valence-electron chi connectivity index (χ2n) is 12.2. The van der Waals surface area contributed by atoms with Crippen molar-refractivity contribution < 1.29 is 47.3 Å². The van der Waals surface area contributed by atoms with Crippen molar-refractivity contribution in [3.8, 4) is 0 Å². The predicted octanol–water partition coefficient (Wildman–Crippen LogP) is 3.28. The fraction of sp³-hybridized carbons (Fsp3) is 0.621. The number of Topliss-reactive ketones (excluding diaryl/α,β-unsaturated/α-hetero) is 2. The van der Waals surface area contributed by atoms with E-state index in [4.69, 9.17) is 23.4 Å². The molecule has 2 bridgehead atoms. The van der Waals surface area contributed by atoms with Crippen molar-refractivity contribution in [2.24, 2.45) is 28.1 Å². The number of fused-ring (bicyclic) bond motifs is 2. The highest BCUT2D eigenvalue weighted by atomic mass is 16.6. The number of furan rings is 1. The smallest absolute Gasteiger partial charge is 0.309 e. The average Bonchev–Trinajstić information content (AvgIpc) is 3.44. The predicted molar refractivity (Wildman–Crippen MR) is 133 cm³/mol. The molecule has 0 aromatic carbocycles. The molecule has 0 N–H and O–H groups in total. The van der Waals surface area contributed by atoms with Crippen molar-refractivity contribution in [1.29, 1.82) is 0 Å². The first-order chi connectivity index (χ1) is 18.2. The van der Waals surface area contributed by atoms with E-state index >= 15 is 0 Å². The van der Waals surface area contributed by atoms with E-state index in [9.17, 15) is 24.0 Å². The summed E-state index contributed by atoms with van der Waals surface area (Å²) in [4.78, 5) is 66.6. The van der Waals surface area contributed by atoms with Crippen molar-refractivity contribution in [1.82, 2.24) is 0 Å². The summed E-state index contributed by atoms with van der Waals surface area (Å²) >= 11 is 0. The second kappa shape index (κ2) is 8.61. The van der Waals surface area contributed by atoms with E-state index in [0.29, 0.717) is 11.1 Å². The van der Waals surface area contributed by atoms with Crippen LogP contribution in [-0.4, -0.2) is 54.4 Å². The van der Waals surface area contributed by atoms with Gasteiger partial charge in [0, 0.05) is 24.3 Å². The molecule has 210 valence electrons. The molecule has 1 aromatic rings. The summed E-state index contributed by atoms with van der Waals surface area (Å²) in [5.41, 5.74) is -4.43. The minimum atomic E-state index is -1.51. The van der Waals surface area contributed by atoms with E-state index in [1.165, 1.54) is 26.6 Å². The normalized spacial score (nSPS) is 40.7. The maximum atomic E-state index is 14.9. The fourth-order valence-electron chi connectivity index (χ4n) is 7.87. The molecule has 10 heteroatoms. The van der Waals surface area contributed by atoms with Crippen LogP contribution in [0.15, 0.2) is 35.2 Å². The minimum absolute atomic E-state index is 0.103. The molecule has 3 heterocycles. The maximum Gasteiger partial charge on any atom is 0.309 e. The van der Waals surface area contributed by atoms with E-state index in [1.807, 2.05) is 0 Å². The van der Waals surface area contributed by atoms with Gasteiger partial charge >= 0.3 is 17.9 Å². The van der Waals surface area contributed by atoms with Gasteiger partial charge in [-0.15, -0.1) is 0 Å². The van der Waals surface area contributed by atoms with E-state index in [0.717, 1.165) is 0 Å². The Labute approximate surface area is 226 Å². The number of hydrogen-bond donors (Lipinski definition) is 0. The van der Waals surface area contributed by atoms with Crippen molar-refractivity contribution in [3.05, 3.63) is 36.3 Å². The van der Waals surface area contributed by atoms with Crippen LogP contribution < -0.4 is 0 Å². The number of ketones is 2. The first-order valence-corrected chi connectivity index (χ1v) is 13.1. The molecule has 5 rings (SSSR count). The van der Waals surface area contributed by atoms with Gasteiger partial charge in [-0.05, 0) is 31.4 Å². The first kappa shape index (κ1) is 27.3. The summed E-state index contributed by atoms with van der Waals surface area (Å²) in [7, 11) is 1.25. The number of carbonyl (C=O) groups excluding carboxylic acids is 5. The SMILES string of the molecule is C=C1C2C(=O)C3(C)C(CC(=O)C(C)(C)C3CC(=O)OC)OC13CC(=O)OC(c1ccoc1)C3(C)C2OC(C)=O. The van der Waals surface area contributed by atoms with Crippen molar-refractivity contribution in [2.75, 3.05) is 7.11 Å². The number of carbonyl (C=O) groups is 5. The molecule has 8 atom stereocenters. The van der Waals surface area contributed by atoms with Gasteiger partial charge in [-0.2, -0.15) is 0 Å². The van der Waals surface area contributed by atoms with Crippen LogP contribution in [0.25, 0.3) is 0 Å². The molecule has 2 aliphatic heterocycles. The Balaban J connectivity index is 1.76. The van der Waals surface area contributed by atoms with Crippen LogP contribution in [0.1, 0.15) is 65.5 Å². The van der Waals surface area contributed by atoms with Crippen molar-refractivity contribution >= 4 is 29.5 Å². The standard InChI is InChI=1S/C29H34O10/c1-14-22-23(34)27(5)17(10-20(32)35-7)26(3,4)18(31)11-19(27)39-29(14)12-21(33)38-24(16-8-9-36-13-16)28(29,6)25(22)37-15(2)30/h8-9,13,17,19,22,24-25H,1,10-12H2,2-7H3. The van der Waals surface area contributed by atoms with Gasteiger partial charge in [-0.25, -0.2) is 0 Å². The summed E-state index contributed by atoms with van der Waals surface area (Å²) in [6.45, 7) is 12.4. The molecule has 2 saturated carbocycles. The number of cyclic esters (lactones) is 1. The Morgan fingerprint density at radius 1 is 1.15 bits per heavy atom. The molecule has 1 spiro atoms. The Bertz CT molecular complexity index is 1280. The zero-order valence-electron chi connectivity index (χ0n) is 23.0. The Morgan fingerprint density at radius 3 is 2.44 bits per heavy atom. The maximum absolute atomic E-state index is 14.9.